The Morgan fingerprint density at radius 1 is 1.33 bits per heavy atom. The lowest BCUT2D eigenvalue weighted by Gasteiger charge is -2.28. The molecular formula is C14H18FN3. The third kappa shape index (κ3) is 2.99. The molecule has 4 heteroatoms. The molecule has 0 N–H and O–H groups in total. The Labute approximate surface area is 107 Å². The van der Waals surface area contributed by atoms with Crippen LogP contribution in [0.3, 0.4) is 0 Å². The second-order valence-electron chi connectivity index (χ2n) is 4.77. The summed E-state index contributed by atoms with van der Waals surface area (Å²) in [5, 5.41) is 8.88. The van der Waals surface area contributed by atoms with Crippen LogP contribution in [-0.4, -0.2) is 37.6 Å². The van der Waals surface area contributed by atoms with Crippen molar-refractivity contribution >= 4 is 5.69 Å². The predicted octanol–water partition coefficient (Wildman–Crippen LogP) is 2.25. The van der Waals surface area contributed by atoms with Crippen LogP contribution in [0.25, 0.3) is 0 Å². The van der Waals surface area contributed by atoms with Crippen molar-refractivity contribution in [2.45, 2.75) is 18.9 Å². The number of benzene rings is 1. The first-order valence-corrected chi connectivity index (χ1v) is 6.28. The predicted molar refractivity (Wildman–Crippen MR) is 69.9 cm³/mol. The van der Waals surface area contributed by atoms with E-state index in [1.165, 1.54) is 12.1 Å². The van der Waals surface area contributed by atoms with Crippen molar-refractivity contribution in [3.05, 3.63) is 30.1 Å². The minimum Gasteiger partial charge on any atom is -0.370 e. The largest absolute Gasteiger partial charge is 0.370 e. The van der Waals surface area contributed by atoms with Gasteiger partial charge in [0.25, 0.3) is 0 Å². The van der Waals surface area contributed by atoms with Crippen molar-refractivity contribution in [2.24, 2.45) is 0 Å². The molecule has 0 radical (unpaired) electrons. The van der Waals surface area contributed by atoms with Crippen LogP contribution in [-0.2, 0) is 0 Å². The molecule has 18 heavy (non-hydrogen) atoms. The molecule has 96 valence electrons. The fourth-order valence-corrected chi connectivity index (χ4v) is 2.39. The molecule has 2 rings (SSSR count). The molecule has 0 spiro atoms. The zero-order valence-corrected chi connectivity index (χ0v) is 10.6. The van der Waals surface area contributed by atoms with Gasteiger partial charge in [-0.15, -0.1) is 0 Å². The molecule has 1 aromatic rings. The smallest absolute Gasteiger partial charge is 0.123 e. The molecule has 1 fully saturated rings. The van der Waals surface area contributed by atoms with E-state index in [0.29, 0.717) is 6.42 Å². The number of nitrogens with zero attached hydrogens (tertiary/aromatic N) is 3. The molecule has 1 saturated heterocycles. The average Bonchev–Trinajstić information content (AvgIpc) is 2.54. The van der Waals surface area contributed by atoms with Gasteiger partial charge in [0.1, 0.15) is 5.82 Å². The van der Waals surface area contributed by atoms with Gasteiger partial charge in [0.05, 0.1) is 12.5 Å². The zero-order valence-electron chi connectivity index (χ0n) is 10.6. The van der Waals surface area contributed by atoms with Crippen LogP contribution >= 0.6 is 0 Å². The molecular weight excluding hydrogens is 229 g/mol. The molecule has 0 saturated carbocycles. The highest BCUT2D eigenvalue weighted by Gasteiger charge is 2.22. The number of halogens is 1. The van der Waals surface area contributed by atoms with Crippen LogP contribution in [0.5, 0.6) is 0 Å². The van der Waals surface area contributed by atoms with Crippen molar-refractivity contribution in [1.29, 1.82) is 5.26 Å². The summed E-state index contributed by atoms with van der Waals surface area (Å²) in [7, 11) is 2.07. The SMILES string of the molecule is CN1CCCN(c2ccc(F)cc2)CC1CC#N. The summed E-state index contributed by atoms with van der Waals surface area (Å²) in [6.45, 7) is 2.79. The van der Waals surface area contributed by atoms with E-state index in [2.05, 4.69) is 22.9 Å². The lowest BCUT2D eigenvalue weighted by atomic mass is 10.2. The van der Waals surface area contributed by atoms with Crippen molar-refractivity contribution in [3.8, 4) is 6.07 Å². The second kappa shape index (κ2) is 5.83. The Bertz CT molecular complexity index is 424. The van der Waals surface area contributed by atoms with Gasteiger partial charge in [-0.25, -0.2) is 4.39 Å². The van der Waals surface area contributed by atoms with Crippen molar-refractivity contribution < 1.29 is 4.39 Å². The van der Waals surface area contributed by atoms with Gasteiger partial charge in [-0.05, 0) is 44.3 Å². The van der Waals surface area contributed by atoms with Crippen LogP contribution in [0, 0.1) is 17.1 Å². The maximum Gasteiger partial charge on any atom is 0.123 e. The van der Waals surface area contributed by atoms with Gasteiger partial charge in [0, 0.05) is 24.8 Å². The van der Waals surface area contributed by atoms with Crippen LogP contribution in [0.4, 0.5) is 10.1 Å². The summed E-state index contributed by atoms with van der Waals surface area (Å²) in [6.07, 6.45) is 1.60. The Hall–Kier alpha value is -1.60. The van der Waals surface area contributed by atoms with E-state index >= 15 is 0 Å². The van der Waals surface area contributed by atoms with Gasteiger partial charge in [0.15, 0.2) is 0 Å². The minimum atomic E-state index is -0.209. The quantitative estimate of drug-likeness (QED) is 0.803. The fraction of sp³-hybridized carbons (Fsp3) is 0.500. The van der Waals surface area contributed by atoms with Crippen LogP contribution in [0.2, 0.25) is 0 Å². The summed E-state index contributed by atoms with van der Waals surface area (Å²) < 4.78 is 12.9. The Kier molecular flexibility index (Phi) is 4.16. The molecule has 3 nitrogen and oxygen atoms in total. The number of nitriles is 1. The summed E-state index contributed by atoms with van der Waals surface area (Å²) in [6, 6.07) is 9.10. The summed E-state index contributed by atoms with van der Waals surface area (Å²) >= 11 is 0. The third-order valence-electron chi connectivity index (χ3n) is 3.51. The fourth-order valence-electron chi connectivity index (χ4n) is 2.39. The maximum absolute atomic E-state index is 12.9. The maximum atomic E-state index is 12.9. The molecule has 0 amide bonds. The molecule has 1 aliphatic heterocycles. The topological polar surface area (TPSA) is 30.3 Å². The first kappa shape index (κ1) is 12.8. The third-order valence-corrected chi connectivity index (χ3v) is 3.51. The van der Waals surface area contributed by atoms with E-state index in [4.69, 9.17) is 5.26 Å². The zero-order chi connectivity index (χ0) is 13.0. The Balaban J connectivity index is 2.13. The Morgan fingerprint density at radius 3 is 2.72 bits per heavy atom. The molecule has 0 aliphatic carbocycles. The van der Waals surface area contributed by atoms with E-state index in [1.807, 2.05) is 12.1 Å². The Morgan fingerprint density at radius 2 is 2.06 bits per heavy atom. The highest BCUT2D eigenvalue weighted by Crippen LogP contribution is 2.19. The van der Waals surface area contributed by atoms with Gasteiger partial charge in [0.2, 0.25) is 0 Å². The lowest BCUT2D eigenvalue weighted by molar-refractivity contribution is 0.264. The normalized spacial score (nSPS) is 21.4. The average molecular weight is 247 g/mol. The number of likely N-dealkylation sites (N-methyl/N-ethyl adjacent to an activating group) is 1. The van der Waals surface area contributed by atoms with Crippen LogP contribution in [0.15, 0.2) is 24.3 Å². The van der Waals surface area contributed by atoms with E-state index in [1.54, 1.807) is 0 Å². The molecule has 1 aromatic carbocycles. The van der Waals surface area contributed by atoms with Gasteiger partial charge in [-0.3, -0.25) is 0 Å². The van der Waals surface area contributed by atoms with E-state index in [0.717, 1.165) is 31.7 Å². The molecule has 0 aromatic heterocycles. The highest BCUT2D eigenvalue weighted by atomic mass is 19.1. The number of rotatable bonds is 2. The first-order chi connectivity index (χ1) is 8.70. The van der Waals surface area contributed by atoms with Gasteiger partial charge >= 0.3 is 0 Å². The second-order valence-corrected chi connectivity index (χ2v) is 4.77. The van der Waals surface area contributed by atoms with Gasteiger partial charge in [-0.2, -0.15) is 5.26 Å². The number of hydrogen-bond donors (Lipinski definition) is 0. The summed E-state index contributed by atoms with van der Waals surface area (Å²) in [5.74, 6) is -0.209. The van der Waals surface area contributed by atoms with Crippen molar-refractivity contribution in [2.75, 3.05) is 31.6 Å². The molecule has 1 unspecified atom stereocenters. The van der Waals surface area contributed by atoms with Crippen molar-refractivity contribution in [3.63, 3.8) is 0 Å². The molecule has 1 heterocycles. The van der Waals surface area contributed by atoms with Gasteiger partial charge < -0.3 is 9.80 Å². The molecule has 0 bridgehead atoms. The summed E-state index contributed by atoms with van der Waals surface area (Å²) in [5.41, 5.74) is 1.04. The number of anilines is 1. The van der Waals surface area contributed by atoms with E-state index < -0.39 is 0 Å². The highest BCUT2D eigenvalue weighted by molar-refractivity contribution is 5.46. The lowest BCUT2D eigenvalue weighted by Crippen LogP contribution is -2.38. The van der Waals surface area contributed by atoms with Crippen molar-refractivity contribution in [1.82, 2.24) is 4.90 Å². The number of hydrogen-bond acceptors (Lipinski definition) is 3. The summed E-state index contributed by atoms with van der Waals surface area (Å²) in [4.78, 5) is 4.48. The standard InChI is InChI=1S/C14H18FN3/c1-17-9-2-10-18(11-14(17)7-8-16)13-5-3-12(15)4-6-13/h3-6,14H,2,7,9-11H2,1H3. The van der Waals surface area contributed by atoms with Crippen LogP contribution < -0.4 is 4.90 Å². The first-order valence-electron chi connectivity index (χ1n) is 6.28. The van der Waals surface area contributed by atoms with E-state index in [9.17, 15) is 4.39 Å². The van der Waals surface area contributed by atoms with Crippen LogP contribution in [0.1, 0.15) is 12.8 Å². The van der Waals surface area contributed by atoms with Gasteiger partial charge in [-0.1, -0.05) is 0 Å². The monoisotopic (exact) mass is 247 g/mol. The molecule has 1 aliphatic rings. The van der Waals surface area contributed by atoms with E-state index in [-0.39, 0.29) is 11.9 Å². The molecule has 1 atom stereocenters. The minimum absolute atomic E-state index is 0.209.